The Kier molecular flexibility index (Phi) is 9.37. The standard InChI is InChI=1S/C24H33N3O9S/c1-2-9-24(10-8-12-4-3-5-13-17(12)18(24)36-23(13)35)37-11-15(19(29)27-20(30)22(33)34)26-16(28)7-6-14(25)21(31)32/h3,5,12-15,20,30H,2,4,6-11,25H2,1H3,(H,26,28)(H,27,29)(H,31,32)(H,33,34)/t12-,13-,14+,15+,20+,24+/m1/s1. The van der Waals surface area contributed by atoms with Crippen molar-refractivity contribution in [3.63, 3.8) is 0 Å². The third-order valence-corrected chi connectivity index (χ3v) is 8.54. The fraction of sp³-hybridized carbons (Fsp3) is 0.625. The zero-order valence-corrected chi connectivity index (χ0v) is 21.3. The Morgan fingerprint density at radius 2 is 1.97 bits per heavy atom. The smallest absolute Gasteiger partial charge is 0.353 e. The minimum absolute atomic E-state index is 0.00556. The zero-order valence-electron chi connectivity index (χ0n) is 20.5. The molecule has 1 heterocycles. The van der Waals surface area contributed by atoms with Crippen LogP contribution in [0.25, 0.3) is 0 Å². The normalized spacial score (nSPS) is 26.5. The van der Waals surface area contributed by atoms with Gasteiger partial charge >= 0.3 is 17.9 Å². The number of carbonyl (C=O) groups is 5. The van der Waals surface area contributed by atoms with E-state index in [4.69, 9.17) is 20.7 Å². The molecule has 2 amide bonds. The average Bonchev–Trinajstić information content (AvgIpc) is 3.20. The number of rotatable bonds is 13. The van der Waals surface area contributed by atoms with E-state index < -0.39 is 52.7 Å². The average molecular weight is 540 g/mol. The molecule has 37 heavy (non-hydrogen) atoms. The number of ether oxygens (including phenoxy) is 1. The molecule has 0 saturated heterocycles. The second-order valence-corrected chi connectivity index (χ2v) is 10.9. The van der Waals surface area contributed by atoms with Crippen molar-refractivity contribution in [1.29, 1.82) is 0 Å². The highest BCUT2D eigenvalue weighted by atomic mass is 32.2. The van der Waals surface area contributed by atoms with Crippen LogP contribution < -0.4 is 16.4 Å². The van der Waals surface area contributed by atoms with Gasteiger partial charge in [0.2, 0.25) is 18.0 Å². The molecule has 13 heteroatoms. The molecular formula is C24H33N3O9S. The summed E-state index contributed by atoms with van der Waals surface area (Å²) in [5, 5.41) is 31.9. The van der Waals surface area contributed by atoms with Crippen molar-refractivity contribution in [3.8, 4) is 0 Å². The van der Waals surface area contributed by atoms with Crippen LogP contribution in [0.2, 0.25) is 0 Å². The Balaban J connectivity index is 1.80. The van der Waals surface area contributed by atoms with Gasteiger partial charge in [-0.2, -0.15) is 0 Å². The fourth-order valence-electron chi connectivity index (χ4n) is 5.02. The maximum Gasteiger partial charge on any atom is 0.353 e. The summed E-state index contributed by atoms with van der Waals surface area (Å²) < 4.78 is 5.18. The summed E-state index contributed by atoms with van der Waals surface area (Å²) in [6.45, 7) is 2.00. The Morgan fingerprint density at radius 3 is 2.62 bits per heavy atom. The highest BCUT2D eigenvalue weighted by molar-refractivity contribution is 8.00. The number of carboxylic acids is 2. The molecule has 0 spiro atoms. The second kappa shape index (κ2) is 12.1. The number of hydrogen-bond donors (Lipinski definition) is 6. The molecule has 12 nitrogen and oxygen atoms in total. The molecule has 3 rings (SSSR count). The molecule has 0 bridgehead atoms. The fourth-order valence-corrected chi connectivity index (χ4v) is 6.64. The largest absolute Gasteiger partial charge is 0.480 e. The summed E-state index contributed by atoms with van der Waals surface area (Å²) in [7, 11) is 0. The van der Waals surface area contributed by atoms with Gasteiger partial charge in [0.05, 0.1) is 4.75 Å². The monoisotopic (exact) mass is 539 g/mol. The van der Waals surface area contributed by atoms with Crippen LogP contribution >= 0.6 is 11.8 Å². The molecule has 1 aliphatic heterocycles. The van der Waals surface area contributed by atoms with Crippen LogP contribution in [0, 0.1) is 11.8 Å². The minimum atomic E-state index is -2.17. The van der Waals surface area contributed by atoms with Crippen LogP contribution in [0.4, 0.5) is 0 Å². The number of carboxylic acid groups (broad SMARTS) is 2. The zero-order chi connectivity index (χ0) is 27.3. The van der Waals surface area contributed by atoms with Gasteiger partial charge in [-0.25, -0.2) is 4.79 Å². The Labute approximate surface area is 218 Å². The number of nitrogens with one attached hydrogen (secondary N) is 2. The number of thioether (sulfide) groups is 1. The molecule has 6 atom stereocenters. The van der Waals surface area contributed by atoms with E-state index in [1.807, 2.05) is 24.4 Å². The first-order chi connectivity index (χ1) is 17.5. The van der Waals surface area contributed by atoms with Crippen molar-refractivity contribution >= 4 is 41.5 Å². The minimum Gasteiger partial charge on any atom is -0.480 e. The number of amides is 2. The predicted molar refractivity (Wildman–Crippen MR) is 132 cm³/mol. The summed E-state index contributed by atoms with van der Waals surface area (Å²) in [4.78, 5) is 59.9. The van der Waals surface area contributed by atoms with Crippen LogP contribution in [0.1, 0.15) is 51.9 Å². The number of aliphatic hydroxyl groups excluding tert-OH is 1. The van der Waals surface area contributed by atoms with Crippen molar-refractivity contribution in [2.24, 2.45) is 17.6 Å². The van der Waals surface area contributed by atoms with Gasteiger partial charge in [-0.1, -0.05) is 25.5 Å². The van der Waals surface area contributed by atoms with Crippen molar-refractivity contribution in [1.82, 2.24) is 10.6 Å². The van der Waals surface area contributed by atoms with Gasteiger partial charge in [-0.05, 0) is 43.6 Å². The first kappa shape index (κ1) is 28.7. The molecule has 0 unspecified atom stereocenters. The molecule has 2 aliphatic carbocycles. The van der Waals surface area contributed by atoms with Crippen molar-refractivity contribution in [3.05, 3.63) is 23.5 Å². The van der Waals surface area contributed by atoms with E-state index in [1.54, 1.807) is 0 Å². The summed E-state index contributed by atoms with van der Waals surface area (Å²) in [6, 6.07) is -2.50. The van der Waals surface area contributed by atoms with E-state index in [9.17, 15) is 29.1 Å². The first-order valence-corrected chi connectivity index (χ1v) is 13.2. The number of nitrogens with two attached hydrogens (primary N) is 1. The van der Waals surface area contributed by atoms with E-state index in [0.29, 0.717) is 18.6 Å². The van der Waals surface area contributed by atoms with Gasteiger partial charge in [0.1, 0.15) is 23.8 Å². The van der Waals surface area contributed by atoms with Crippen molar-refractivity contribution in [2.75, 3.05) is 5.75 Å². The van der Waals surface area contributed by atoms with Crippen LogP contribution in [0.3, 0.4) is 0 Å². The SMILES string of the molecule is CCC[C@]1(SC[C@H](NC(=O)CC[C@H](N)C(=O)O)C(=O)N[C@@H](O)C(=O)O)CC[C@H]2CC=C[C@H]3C(=O)OC1=C23. The highest BCUT2D eigenvalue weighted by Gasteiger charge is 2.52. The van der Waals surface area contributed by atoms with E-state index in [0.717, 1.165) is 24.8 Å². The molecule has 7 N–H and O–H groups in total. The summed E-state index contributed by atoms with van der Waals surface area (Å²) >= 11 is 1.35. The van der Waals surface area contributed by atoms with Crippen LogP contribution in [0.15, 0.2) is 23.5 Å². The van der Waals surface area contributed by atoms with E-state index in [-0.39, 0.29) is 30.5 Å². The molecule has 3 aliphatic rings. The number of aliphatic hydroxyl groups is 1. The van der Waals surface area contributed by atoms with Gasteiger partial charge in [0.15, 0.2) is 0 Å². The third-order valence-electron chi connectivity index (χ3n) is 6.90. The Bertz CT molecular complexity index is 1010. The quantitative estimate of drug-likeness (QED) is 0.106. The predicted octanol–water partition coefficient (Wildman–Crippen LogP) is 0.252. The van der Waals surface area contributed by atoms with Crippen molar-refractivity contribution in [2.45, 2.75) is 74.9 Å². The lowest BCUT2D eigenvalue weighted by Gasteiger charge is -2.41. The molecule has 0 aromatic carbocycles. The molecule has 0 saturated carbocycles. The van der Waals surface area contributed by atoms with E-state index in [1.165, 1.54) is 11.8 Å². The van der Waals surface area contributed by atoms with Crippen LogP contribution in [-0.2, 0) is 28.7 Å². The molecular weight excluding hydrogens is 506 g/mol. The number of hydrogen-bond acceptors (Lipinski definition) is 9. The number of carbonyl (C=O) groups excluding carboxylic acids is 3. The molecule has 0 fully saturated rings. The molecule has 0 aromatic rings. The molecule has 0 radical (unpaired) electrons. The third kappa shape index (κ3) is 6.51. The summed E-state index contributed by atoms with van der Waals surface area (Å²) in [5.74, 6) is -4.40. The lowest BCUT2D eigenvalue weighted by Crippen LogP contribution is -2.53. The van der Waals surface area contributed by atoms with Crippen molar-refractivity contribution < 1.29 is 44.0 Å². The van der Waals surface area contributed by atoms with Crippen LogP contribution in [-0.4, -0.2) is 73.9 Å². The van der Waals surface area contributed by atoms with E-state index in [2.05, 4.69) is 5.32 Å². The van der Waals surface area contributed by atoms with Gasteiger partial charge in [-0.3, -0.25) is 19.2 Å². The maximum absolute atomic E-state index is 12.8. The lowest BCUT2D eigenvalue weighted by atomic mass is 9.71. The second-order valence-electron chi connectivity index (χ2n) is 9.49. The number of aliphatic carboxylic acids is 2. The lowest BCUT2D eigenvalue weighted by molar-refractivity contribution is -0.151. The summed E-state index contributed by atoms with van der Waals surface area (Å²) in [6.07, 6.45) is 5.02. The molecule has 204 valence electrons. The number of esters is 1. The topological polar surface area (TPSA) is 205 Å². The van der Waals surface area contributed by atoms with Crippen LogP contribution in [0.5, 0.6) is 0 Å². The Hall–Kier alpha value is -2.90. The first-order valence-electron chi connectivity index (χ1n) is 12.2. The van der Waals surface area contributed by atoms with Gasteiger partial charge in [0.25, 0.3) is 0 Å². The van der Waals surface area contributed by atoms with Gasteiger partial charge < -0.3 is 36.4 Å². The van der Waals surface area contributed by atoms with E-state index >= 15 is 0 Å². The van der Waals surface area contributed by atoms with Gasteiger partial charge in [-0.15, -0.1) is 11.8 Å². The highest BCUT2D eigenvalue weighted by Crippen LogP contribution is 2.55. The number of allylic oxidation sites excluding steroid dienone is 1. The maximum atomic E-state index is 12.8. The Morgan fingerprint density at radius 1 is 1.24 bits per heavy atom. The summed E-state index contributed by atoms with van der Waals surface area (Å²) in [5.41, 5.74) is 6.43. The van der Waals surface area contributed by atoms with Gasteiger partial charge in [0, 0.05) is 12.2 Å². The molecule has 0 aromatic heterocycles.